The van der Waals surface area contributed by atoms with Crippen LogP contribution in [0.4, 0.5) is 14.5 Å². The first kappa shape index (κ1) is 17.0. The number of carbonyl (C=O) groups excluding carboxylic acids is 1. The van der Waals surface area contributed by atoms with Gasteiger partial charge >= 0.3 is 0 Å². The number of aryl methyl sites for hydroxylation is 1. The Morgan fingerprint density at radius 3 is 2.68 bits per heavy atom. The summed E-state index contributed by atoms with van der Waals surface area (Å²) in [4.78, 5) is 16.4. The molecule has 3 aromatic rings. The van der Waals surface area contributed by atoms with E-state index < -0.39 is 17.5 Å². The van der Waals surface area contributed by atoms with Crippen molar-refractivity contribution >= 4 is 22.9 Å². The molecule has 1 aromatic heterocycles. The molecular weight excluding hydrogens is 346 g/mol. The summed E-state index contributed by atoms with van der Waals surface area (Å²) in [6.07, 6.45) is 0. The molecule has 0 aliphatic rings. The highest BCUT2D eigenvalue weighted by molar-refractivity contribution is 7.13. The smallest absolute Gasteiger partial charge is 0.275 e. The van der Waals surface area contributed by atoms with Gasteiger partial charge in [-0.15, -0.1) is 11.3 Å². The molecule has 0 radical (unpaired) electrons. The van der Waals surface area contributed by atoms with E-state index in [1.54, 1.807) is 19.1 Å². The molecule has 25 heavy (non-hydrogen) atoms. The molecule has 1 amide bonds. The maximum absolute atomic E-state index is 14.1. The van der Waals surface area contributed by atoms with Crippen LogP contribution in [0.5, 0.6) is 5.75 Å². The summed E-state index contributed by atoms with van der Waals surface area (Å²) in [6.45, 7) is 1.79. The molecule has 0 aliphatic heterocycles. The van der Waals surface area contributed by atoms with Gasteiger partial charge in [0.1, 0.15) is 28.1 Å². The second-order valence-corrected chi connectivity index (χ2v) is 6.18. The lowest BCUT2D eigenvalue weighted by Crippen LogP contribution is -2.13. The molecular formula is C18H14F2N2O2S. The van der Waals surface area contributed by atoms with E-state index in [9.17, 15) is 13.6 Å². The predicted molar refractivity (Wildman–Crippen MR) is 93.2 cm³/mol. The minimum atomic E-state index is -0.555. The van der Waals surface area contributed by atoms with E-state index in [-0.39, 0.29) is 16.9 Å². The molecule has 1 heterocycles. The zero-order chi connectivity index (χ0) is 18.0. The average molecular weight is 360 g/mol. The lowest BCUT2D eigenvalue weighted by atomic mass is 10.2. The van der Waals surface area contributed by atoms with E-state index in [0.717, 1.165) is 16.9 Å². The van der Waals surface area contributed by atoms with Gasteiger partial charge in [0.25, 0.3) is 5.91 Å². The van der Waals surface area contributed by atoms with Crippen LogP contribution in [-0.4, -0.2) is 18.0 Å². The van der Waals surface area contributed by atoms with Gasteiger partial charge in [-0.05, 0) is 36.8 Å². The molecule has 0 spiro atoms. The lowest BCUT2D eigenvalue weighted by molar-refractivity contribution is 0.102. The van der Waals surface area contributed by atoms with E-state index in [1.807, 2.05) is 0 Å². The summed E-state index contributed by atoms with van der Waals surface area (Å²) in [5.74, 6) is -1.19. The van der Waals surface area contributed by atoms with Crippen molar-refractivity contribution in [2.75, 3.05) is 12.4 Å². The van der Waals surface area contributed by atoms with E-state index in [0.29, 0.717) is 10.8 Å². The van der Waals surface area contributed by atoms with Gasteiger partial charge in [-0.25, -0.2) is 13.8 Å². The van der Waals surface area contributed by atoms with Gasteiger partial charge in [-0.3, -0.25) is 4.79 Å². The molecule has 0 bridgehead atoms. The standard InChI is InChI=1S/C18H14F2N2O2S/c1-10-3-6-13(19)15(7-10)21-17(23)16-9-25-18(22-16)12-5-4-11(24-2)8-14(12)20/h3-9H,1-2H3,(H,21,23). The van der Waals surface area contributed by atoms with E-state index in [2.05, 4.69) is 10.3 Å². The number of nitrogens with zero attached hydrogens (tertiary/aromatic N) is 1. The van der Waals surface area contributed by atoms with Crippen molar-refractivity contribution in [2.24, 2.45) is 0 Å². The summed E-state index contributed by atoms with van der Waals surface area (Å²) in [6, 6.07) is 8.82. The summed E-state index contributed by atoms with van der Waals surface area (Å²) >= 11 is 1.13. The Balaban J connectivity index is 1.83. The molecule has 0 unspecified atom stereocenters. The van der Waals surface area contributed by atoms with Crippen LogP contribution in [-0.2, 0) is 0 Å². The topological polar surface area (TPSA) is 51.2 Å². The number of halogens is 2. The number of aromatic nitrogens is 1. The van der Waals surface area contributed by atoms with Crippen LogP contribution >= 0.6 is 11.3 Å². The Labute approximate surface area is 147 Å². The molecule has 0 saturated carbocycles. The summed E-state index contributed by atoms with van der Waals surface area (Å²) in [5, 5.41) is 4.34. The van der Waals surface area contributed by atoms with Crippen LogP contribution in [0.3, 0.4) is 0 Å². The number of thiazole rings is 1. The SMILES string of the molecule is COc1ccc(-c2nc(C(=O)Nc3cc(C)ccc3F)cs2)c(F)c1. The van der Waals surface area contributed by atoms with Crippen molar-refractivity contribution < 1.29 is 18.3 Å². The maximum Gasteiger partial charge on any atom is 0.275 e. The van der Waals surface area contributed by atoms with Crippen LogP contribution in [0, 0.1) is 18.6 Å². The van der Waals surface area contributed by atoms with Crippen LogP contribution < -0.4 is 10.1 Å². The van der Waals surface area contributed by atoms with Gasteiger partial charge in [-0.2, -0.15) is 0 Å². The molecule has 2 aromatic carbocycles. The number of hydrogen-bond donors (Lipinski definition) is 1. The Morgan fingerprint density at radius 2 is 1.96 bits per heavy atom. The fourth-order valence-corrected chi connectivity index (χ4v) is 3.05. The van der Waals surface area contributed by atoms with E-state index >= 15 is 0 Å². The van der Waals surface area contributed by atoms with Crippen molar-refractivity contribution in [2.45, 2.75) is 6.92 Å². The first-order valence-electron chi connectivity index (χ1n) is 7.35. The minimum Gasteiger partial charge on any atom is -0.497 e. The van der Waals surface area contributed by atoms with Crippen molar-refractivity contribution in [3.63, 3.8) is 0 Å². The number of ether oxygens (including phenoxy) is 1. The Morgan fingerprint density at radius 1 is 1.16 bits per heavy atom. The van der Waals surface area contributed by atoms with Gasteiger partial charge in [0, 0.05) is 17.0 Å². The van der Waals surface area contributed by atoms with Crippen LogP contribution in [0.2, 0.25) is 0 Å². The fraction of sp³-hybridized carbons (Fsp3) is 0.111. The van der Waals surface area contributed by atoms with E-state index in [4.69, 9.17) is 4.74 Å². The number of anilines is 1. The van der Waals surface area contributed by atoms with Crippen molar-refractivity contribution in [3.8, 4) is 16.3 Å². The number of nitrogens with one attached hydrogen (secondary N) is 1. The number of carbonyl (C=O) groups is 1. The van der Waals surface area contributed by atoms with Crippen molar-refractivity contribution in [1.82, 2.24) is 4.98 Å². The summed E-state index contributed by atoms with van der Waals surface area (Å²) < 4.78 is 32.8. The minimum absolute atomic E-state index is 0.0789. The van der Waals surface area contributed by atoms with E-state index in [1.165, 1.54) is 36.8 Å². The number of benzene rings is 2. The van der Waals surface area contributed by atoms with Gasteiger partial charge in [0.15, 0.2) is 0 Å². The molecule has 128 valence electrons. The molecule has 0 aliphatic carbocycles. The second-order valence-electron chi connectivity index (χ2n) is 5.32. The zero-order valence-electron chi connectivity index (χ0n) is 13.5. The number of hydrogen-bond acceptors (Lipinski definition) is 4. The third-order valence-electron chi connectivity index (χ3n) is 3.51. The fourth-order valence-electron chi connectivity index (χ4n) is 2.22. The highest BCUT2D eigenvalue weighted by Gasteiger charge is 2.16. The largest absolute Gasteiger partial charge is 0.497 e. The molecule has 0 saturated heterocycles. The number of amides is 1. The third-order valence-corrected chi connectivity index (χ3v) is 4.39. The quantitative estimate of drug-likeness (QED) is 0.736. The summed E-state index contributed by atoms with van der Waals surface area (Å²) in [5.41, 5.74) is 1.26. The van der Waals surface area contributed by atoms with Crippen molar-refractivity contribution in [1.29, 1.82) is 0 Å². The monoisotopic (exact) mass is 360 g/mol. The first-order chi connectivity index (χ1) is 12.0. The Hall–Kier alpha value is -2.80. The Kier molecular flexibility index (Phi) is 4.76. The second kappa shape index (κ2) is 6.98. The molecule has 4 nitrogen and oxygen atoms in total. The zero-order valence-corrected chi connectivity index (χ0v) is 14.3. The Bertz CT molecular complexity index is 941. The third kappa shape index (κ3) is 3.66. The predicted octanol–water partition coefficient (Wildman–Crippen LogP) is 4.66. The molecule has 3 rings (SSSR count). The van der Waals surface area contributed by atoms with Crippen LogP contribution in [0.15, 0.2) is 41.8 Å². The van der Waals surface area contributed by atoms with Crippen LogP contribution in [0.1, 0.15) is 16.1 Å². The maximum atomic E-state index is 14.1. The van der Waals surface area contributed by atoms with Crippen LogP contribution in [0.25, 0.3) is 10.6 Å². The number of methoxy groups -OCH3 is 1. The molecule has 0 fully saturated rings. The highest BCUT2D eigenvalue weighted by atomic mass is 32.1. The molecule has 0 atom stereocenters. The lowest BCUT2D eigenvalue weighted by Gasteiger charge is -2.05. The first-order valence-corrected chi connectivity index (χ1v) is 8.23. The highest BCUT2D eigenvalue weighted by Crippen LogP contribution is 2.29. The van der Waals surface area contributed by atoms with Crippen molar-refractivity contribution in [3.05, 3.63) is 64.7 Å². The van der Waals surface area contributed by atoms with Gasteiger partial charge in [0.2, 0.25) is 0 Å². The van der Waals surface area contributed by atoms with Gasteiger partial charge in [0.05, 0.1) is 12.8 Å². The summed E-state index contributed by atoms with van der Waals surface area (Å²) in [7, 11) is 1.45. The number of rotatable bonds is 4. The molecule has 7 heteroatoms. The average Bonchev–Trinajstić information content (AvgIpc) is 3.08. The van der Waals surface area contributed by atoms with Gasteiger partial charge < -0.3 is 10.1 Å². The van der Waals surface area contributed by atoms with Gasteiger partial charge in [-0.1, -0.05) is 6.07 Å². The molecule has 1 N–H and O–H groups in total. The normalized spacial score (nSPS) is 10.6.